The fourth-order valence-corrected chi connectivity index (χ4v) is 4.70. The third kappa shape index (κ3) is 4.33. The summed E-state index contributed by atoms with van der Waals surface area (Å²) in [5.74, 6) is 0.818. The summed E-state index contributed by atoms with van der Waals surface area (Å²) >= 11 is 3.47. The minimum atomic E-state index is -1.13. The molecule has 1 aliphatic heterocycles. The monoisotopic (exact) mass is 531 g/mol. The van der Waals surface area contributed by atoms with E-state index in [-0.39, 0.29) is 10.7 Å². The van der Waals surface area contributed by atoms with Crippen LogP contribution >= 0.6 is 15.9 Å². The minimum Gasteiger partial charge on any atom is -0.497 e. The van der Waals surface area contributed by atoms with Crippen molar-refractivity contribution in [2.45, 2.75) is 18.9 Å². The fraction of sp³-hybridized carbons (Fsp3) is 0.148. The van der Waals surface area contributed by atoms with Gasteiger partial charge in [-0.05, 0) is 60.5 Å². The first-order valence-electron chi connectivity index (χ1n) is 11.0. The highest BCUT2D eigenvalue weighted by Gasteiger charge is 2.47. The molecule has 0 aliphatic carbocycles. The van der Waals surface area contributed by atoms with E-state index in [0.29, 0.717) is 22.9 Å². The van der Waals surface area contributed by atoms with E-state index in [4.69, 9.17) is 14.6 Å². The molecule has 0 unspecified atom stereocenters. The molecule has 3 aromatic carbocycles. The molecule has 5 rings (SSSR count). The highest BCUT2D eigenvalue weighted by atomic mass is 79.9. The molecule has 0 saturated heterocycles. The van der Waals surface area contributed by atoms with Gasteiger partial charge in [0.2, 0.25) is 5.88 Å². The number of aromatic nitrogens is 2. The second kappa shape index (κ2) is 9.38. The number of hydrogen-bond donors (Lipinski definition) is 0. The van der Waals surface area contributed by atoms with Gasteiger partial charge in [-0.2, -0.15) is 5.10 Å². The third-order valence-electron chi connectivity index (χ3n) is 6.08. The summed E-state index contributed by atoms with van der Waals surface area (Å²) in [5, 5.41) is 17.3. The van der Waals surface area contributed by atoms with E-state index in [0.717, 1.165) is 21.3 Å². The zero-order chi connectivity index (χ0) is 24.5. The number of benzene rings is 3. The molecule has 1 aliphatic rings. The number of fused-ring (bicyclic) bond motifs is 1. The molecule has 8 heteroatoms. The van der Waals surface area contributed by atoms with Crippen molar-refractivity contribution in [2.75, 3.05) is 7.11 Å². The van der Waals surface area contributed by atoms with Gasteiger partial charge in [-0.3, -0.25) is 10.1 Å². The van der Waals surface area contributed by atoms with Gasteiger partial charge in [0.1, 0.15) is 5.75 Å². The van der Waals surface area contributed by atoms with Crippen molar-refractivity contribution in [3.63, 3.8) is 0 Å². The average molecular weight is 532 g/mol. The molecule has 0 N–H and O–H groups in total. The Balaban J connectivity index is 1.74. The Kier molecular flexibility index (Phi) is 6.13. The fourth-order valence-electron chi connectivity index (χ4n) is 4.44. The van der Waals surface area contributed by atoms with E-state index < -0.39 is 12.0 Å². The van der Waals surface area contributed by atoms with Gasteiger partial charge in [0, 0.05) is 9.40 Å². The second-order valence-electron chi connectivity index (χ2n) is 8.23. The summed E-state index contributed by atoms with van der Waals surface area (Å²) in [6.07, 6.45) is 1.74. The molecule has 0 radical (unpaired) electrons. The summed E-state index contributed by atoms with van der Waals surface area (Å²) in [7, 11) is 1.59. The van der Waals surface area contributed by atoms with E-state index in [2.05, 4.69) is 15.9 Å². The van der Waals surface area contributed by atoms with E-state index in [1.165, 1.54) is 0 Å². The van der Waals surface area contributed by atoms with Crippen molar-refractivity contribution < 1.29 is 14.4 Å². The number of methoxy groups -OCH3 is 1. The van der Waals surface area contributed by atoms with Crippen LogP contribution in [0.2, 0.25) is 0 Å². The molecule has 0 spiro atoms. The van der Waals surface area contributed by atoms with Gasteiger partial charge in [0.05, 0.1) is 30.0 Å². The van der Waals surface area contributed by atoms with Crippen LogP contribution in [0.5, 0.6) is 11.6 Å². The number of rotatable bonds is 5. The quantitative estimate of drug-likeness (QED) is 0.227. The first-order valence-corrected chi connectivity index (χ1v) is 11.8. The molecule has 2 atom stereocenters. The lowest BCUT2D eigenvalue weighted by Gasteiger charge is -2.29. The summed E-state index contributed by atoms with van der Waals surface area (Å²) in [6, 6.07) is 23.4. The number of halogens is 1. The Morgan fingerprint density at radius 3 is 2.37 bits per heavy atom. The molecule has 1 aromatic heterocycles. The molecular weight excluding hydrogens is 510 g/mol. The van der Waals surface area contributed by atoms with Crippen molar-refractivity contribution in [2.24, 2.45) is 0 Å². The standard InChI is InChI=1S/C27H22BrN3O4/c1-17-24-25(19-8-14-22(34-2)15-9-19)26(31(32)33)23(16-18-6-4-3-5-7-18)35-27(24)30(29-17)21-12-10-20(28)11-13-21/h3-16,25-26H,1-2H3/b23-16-/t25-,26-/m1/s1. The Morgan fingerprint density at radius 2 is 1.74 bits per heavy atom. The van der Waals surface area contributed by atoms with Crippen molar-refractivity contribution in [3.8, 4) is 17.3 Å². The molecule has 176 valence electrons. The Morgan fingerprint density at radius 1 is 1.06 bits per heavy atom. The molecule has 35 heavy (non-hydrogen) atoms. The minimum absolute atomic E-state index is 0.257. The number of ether oxygens (including phenoxy) is 2. The van der Waals surface area contributed by atoms with Crippen LogP contribution in [0.1, 0.15) is 28.3 Å². The Labute approximate surface area is 210 Å². The van der Waals surface area contributed by atoms with Crippen molar-refractivity contribution in [3.05, 3.63) is 122 Å². The molecule has 0 fully saturated rings. The van der Waals surface area contributed by atoms with Gasteiger partial charge < -0.3 is 9.47 Å². The smallest absolute Gasteiger partial charge is 0.280 e. The maximum absolute atomic E-state index is 12.5. The molecule has 7 nitrogen and oxygen atoms in total. The van der Waals surface area contributed by atoms with Gasteiger partial charge >= 0.3 is 0 Å². The van der Waals surface area contributed by atoms with E-state index in [9.17, 15) is 10.1 Å². The van der Waals surface area contributed by atoms with Gasteiger partial charge in [-0.1, -0.05) is 58.4 Å². The maximum atomic E-state index is 12.5. The largest absolute Gasteiger partial charge is 0.497 e. The number of nitro groups is 1. The molecule has 0 saturated carbocycles. The lowest BCUT2D eigenvalue weighted by Crippen LogP contribution is -2.36. The average Bonchev–Trinajstić information content (AvgIpc) is 3.20. The lowest BCUT2D eigenvalue weighted by atomic mass is 9.82. The van der Waals surface area contributed by atoms with Crippen LogP contribution < -0.4 is 9.47 Å². The zero-order valence-corrected chi connectivity index (χ0v) is 20.7. The van der Waals surface area contributed by atoms with Gasteiger partial charge in [0.25, 0.3) is 6.04 Å². The predicted molar refractivity (Wildman–Crippen MR) is 137 cm³/mol. The summed E-state index contributed by atoms with van der Waals surface area (Å²) < 4.78 is 14.3. The first kappa shape index (κ1) is 22.9. The van der Waals surface area contributed by atoms with Crippen LogP contribution in [0, 0.1) is 17.0 Å². The van der Waals surface area contributed by atoms with E-state index >= 15 is 0 Å². The third-order valence-corrected chi connectivity index (χ3v) is 6.61. The van der Waals surface area contributed by atoms with Crippen molar-refractivity contribution in [1.82, 2.24) is 9.78 Å². The van der Waals surface area contributed by atoms with E-state index in [1.807, 2.05) is 85.8 Å². The maximum Gasteiger partial charge on any atom is 0.280 e. The molecule has 0 amide bonds. The molecule has 0 bridgehead atoms. The number of aryl methyl sites for hydroxylation is 1. The Bertz CT molecular complexity index is 1400. The summed E-state index contributed by atoms with van der Waals surface area (Å²) in [4.78, 5) is 12.3. The second-order valence-corrected chi connectivity index (χ2v) is 9.15. The highest BCUT2D eigenvalue weighted by Crippen LogP contribution is 2.46. The highest BCUT2D eigenvalue weighted by molar-refractivity contribution is 9.10. The van der Waals surface area contributed by atoms with Crippen LogP contribution in [-0.2, 0) is 0 Å². The number of hydrogen-bond acceptors (Lipinski definition) is 5. The van der Waals surface area contributed by atoms with Gasteiger partial charge in [0.15, 0.2) is 5.76 Å². The van der Waals surface area contributed by atoms with Crippen LogP contribution in [0.25, 0.3) is 11.8 Å². The molecular formula is C27H22BrN3O4. The predicted octanol–water partition coefficient (Wildman–Crippen LogP) is 6.16. The first-order chi connectivity index (χ1) is 17.0. The summed E-state index contributed by atoms with van der Waals surface area (Å²) in [6.45, 7) is 1.86. The van der Waals surface area contributed by atoms with Crippen LogP contribution in [0.3, 0.4) is 0 Å². The van der Waals surface area contributed by atoms with E-state index in [1.54, 1.807) is 17.9 Å². The zero-order valence-electron chi connectivity index (χ0n) is 19.1. The molecule has 2 heterocycles. The SMILES string of the molecule is COc1ccc([C@@H]2c3c(C)nn(-c4ccc(Br)cc4)c3O/C(=C\c3ccccc3)[C@H]2[N+](=O)[O-])cc1. The van der Waals surface area contributed by atoms with Crippen molar-refractivity contribution >= 4 is 22.0 Å². The van der Waals surface area contributed by atoms with Crippen LogP contribution in [0.4, 0.5) is 0 Å². The Hall–Kier alpha value is -3.91. The van der Waals surface area contributed by atoms with Gasteiger partial charge in [-0.25, -0.2) is 4.68 Å². The van der Waals surface area contributed by atoms with Gasteiger partial charge in [-0.15, -0.1) is 0 Å². The van der Waals surface area contributed by atoms with Crippen LogP contribution in [-0.4, -0.2) is 27.9 Å². The van der Waals surface area contributed by atoms with Crippen molar-refractivity contribution in [1.29, 1.82) is 0 Å². The summed E-state index contributed by atoms with van der Waals surface area (Å²) in [5.41, 5.74) is 3.77. The van der Waals surface area contributed by atoms with Crippen LogP contribution in [0.15, 0.2) is 89.1 Å². The normalized spacial score (nSPS) is 18.1. The topological polar surface area (TPSA) is 79.4 Å². The number of nitrogens with zero attached hydrogens (tertiary/aromatic N) is 3. The molecule has 4 aromatic rings. The lowest BCUT2D eigenvalue weighted by molar-refractivity contribution is -0.519.